The van der Waals surface area contributed by atoms with Gasteiger partial charge in [0.1, 0.15) is 0 Å². The molecule has 0 unspecified atom stereocenters. The van der Waals surface area contributed by atoms with Gasteiger partial charge >= 0.3 is 0 Å². The molecule has 156 valence electrons. The standard InChI is InChI=1S/C24H45N3/c25-21-9-1-17(2-10-21)19-5-13-23(14-6-19)27-24-15-7-20(8-16-24)18-3-11-22(26)12-4-18/h17-24,27H,1-16,25-26H2. The zero-order chi connectivity index (χ0) is 18.6. The Kier molecular flexibility index (Phi) is 7.16. The van der Waals surface area contributed by atoms with Gasteiger partial charge in [0.05, 0.1) is 0 Å². The fraction of sp³-hybridized carbons (Fsp3) is 1.00. The Hall–Kier alpha value is -0.120. The molecule has 5 N–H and O–H groups in total. The van der Waals surface area contributed by atoms with Crippen LogP contribution in [0.25, 0.3) is 0 Å². The molecule has 0 aromatic carbocycles. The van der Waals surface area contributed by atoms with Crippen LogP contribution in [0.5, 0.6) is 0 Å². The summed E-state index contributed by atoms with van der Waals surface area (Å²) in [6.07, 6.45) is 22.3. The molecule has 0 saturated heterocycles. The molecule has 3 heteroatoms. The molecule has 4 saturated carbocycles. The molecule has 0 atom stereocenters. The summed E-state index contributed by atoms with van der Waals surface area (Å²) in [5.74, 6) is 3.99. The predicted octanol–water partition coefficient (Wildman–Crippen LogP) is 4.73. The molecular weight excluding hydrogens is 330 g/mol. The van der Waals surface area contributed by atoms with E-state index in [1.807, 2.05) is 0 Å². The van der Waals surface area contributed by atoms with Crippen molar-refractivity contribution in [2.75, 3.05) is 0 Å². The topological polar surface area (TPSA) is 64.1 Å². The molecule has 0 aromatic heterocycles. The first-order valence-electron chi connectivity index (χ1n) is 12.4. The van der Waals surface area contributed by atoms with E-state index in [-0.39, 0.29) is 0 Å². The van der Waals surface area contributed by atoms with Gasteiger partial charge in [0, 0.05) is 24.2 Å². The summed E-state index contributed by atoms with van der Waals surface area (Å²) in [6.45, 7) is 0. The van der Waals surface area contributed by atoms with Crippen molar-refractivity contribution in [2.45, 2.75) is 127 Å². The summed E-state index contributed by atoms with van der Waals surface area (Å²) in [4.78, 5) is 0. The molecule has 4 rings (SSSR count). The first-order chi connectivity index (χ1) is 13.2. The van der Waals surface area contributed by atoms with Gasteiger partial charge in [-0.1, -0.05) is 0 Å². The summed E-state index contributed by atoms with van der Waals surface area (Å²) in [5, 5.41) is 4.08. The highest BCUT2D eigenvalue weighted by molar-refractivity contribution is 4.89. The van der Waals surface area contributed by atoms with Crippen LogP contribution in [0.15, 0.2) is 0 Å². The van der Waals surface area contributed by atoms with E-state index in [0.29, 0.717) is 12.1 Å². The number of nitrogens with two attached hydrogens (primary N) is 2. The number of nitrogens with one attached hydrogen (secondary N) is 1. The predicted molar refractivity (Wildman–Crippen MR) is 114 cm³/mol. The first-order valence-corrected chi connectivity index (χ1v) is 12.4. The normalized spacial score (nSPS) is 46.9. The van der Waals surface area contributed by atoms with E-state index in [4.69, 9.17) is 11.5 Å². The lowest BCUT2D eigenvalue weighted by Crippen LogP contribution is -2.44. The Morgan fingerprint density at radius 2 is 0.630 bits per heavy atom. The van der Waals surface area contributed by atoms with Crippen LogP contribution >= 0.6 is 0 Å². The molecule has 27 heavy (non-hydrogen) atoms. The Morgan fingerprint density at radius 3 is 0.926 bits per heavy atom. The van der Waals surface area contributed by atoms with Crippen LogP contribution in [-0.4, -0.2) is 24.2 Å². The Morgan fingerprint density at radius 1 is 0.370 bits per heavy atom. The molecule has 4 aliphatic carbocycles. The van der Waals surface area contributed by atoms with Crippen LogP contribution in [-0.2, 0) is 0 Å². The minimum atomic E-state index is 0.500. The van der Waals surface area contributed by atoms with E-state index in [1.165, 1.54) is 103 Å². The number of rotatable bonds is 4. The minimum absolute atomic E-state index is 0.500. The summed E-state index contributed by atoms with van der Waals surface area (Å²) in [7, 11) is 0. The SMILES string of the molecule is NC1CCC(C2CCC(NC3CCC(C4CCC(N)CC4)CC3)CC2)CC1. The molecule has 0 radical (unpaired) electrons. The van der Waals surface area contributed by atoms with Crippen molar-refractivity contribution in [1.29, 1.82) is 0 Å². The summed E-state index contributed by atoms with van der Waals surface area (Å²) >= 11 is 0. The Bertz CT molecular complexity index is 381. The molecule has 0 bridgehead atoms. The quantitative estimate of drug-likeness (QED) is 0.665. The van der Waals surface area contributed by atoms with Crippen molar-refractivity contribution >= 4 is 0 Å². The molecule has 0 amide bonds. The van der Waals surface area contributed by atoms with Gasteiger partial charge in [-0.3, -0.25) is 0 Å². The second-order valence-electron chi connectivity index (χ2n) is 10.7. The minimum Gasteiger partial charge on any atom is -0.328 e. The molecule has 4 aliphatic rings. The van der Waals surface area contributed by atoms with E-state index >= 15 is 0 Å². The molecule has 0 aliphatic heterocycles. The van der Waals surface area contributed by atoms with E-state index in [1.54, 1.807) is 0 Å². The summed E-state index contributed by atoms with van der Waals surface area (Å²) in [5.41, 5.74) is 12.2. The third-order valence-corrected chi connectivity index (χ3v) is 8.98. The molecule has 0 spiro atoms. The fourth-order valence-corrected chi connectivity index (χ4v) is 7.08. The largest absolute Gasteiger partial charge is 0.328 e. The van der Waals surface area contributed by atoms with Gasteiger partial charge in [0.25, 0.3) is 0 Å². The van der Waals surface area contributed by atoms with Crippen molar-refractivity contribution in [1.82, 2.24) is 5.32 Å². The molecular formula is C24H45N3. The first kappa shape index (κ1) is 20.2. The van der Waals surface area contributed by atoms with Gasteiger partial charge < -0.3 is 16.8 Å². The summed E-state index contributed by atoms with van der Waals surface area (Å²) < 4.78 is 0. The average molecular weight is 376 g/mol. The summed E-state index contributed by atoms with van der Waals surface area (Å²) in [6, 6.07) is 2.61. The van der Waals surface area contributed by atoms with E-state index in [2.05, 4.69) is 5.32 Å². The second-order valence-corrected chi connectivity index (χ2v) is 10.7. The van der Waals surface area contributed by atoms with Gasteiger partial charge in [-0.15, -0.1) is 0 Å². The second kappa shape index (κ2) is 9.59. The van der Waals surface area contributed by atoms with E-state index in [0.717, 1.165) is 35.8 Å². The van der Waals surface area contributed by atoms with Gasteiger partial charge in [-0.2, -0.15) is 0 Å². The van der Waals surface area contributed by atoms with Gasteiger partial charge in [0.2, 0.25) is 0 Å². The monoisotopic (exact) mass is 375 g/mol. The van der Waals surface area contributed by atoms with Crippen LogP contribution in [0.3, 0.4) is 0 Å². The van der Waals surface area contributed by atoms with Crippen LogP contribution < -0.4 is 16.8 Å². The highest BCUT2D eigenvalue weighted by Crippen LogP contribution is 2.40. The van der Waals surface area contributed by atoms with Crippen LogP contribution in [0.1, 0.15) is 103 Å². The van der Waals surface area contributed by atoms with Crippen LogP contribution in [0.2, 0.25) is 0 Å². The van der Waals surface area contributed by atoms with Crippen LogP contribution in [0.4, 0.5) is 0 Å². The van der Waals surface area contributed by atoms with Crippen molar-refractivity contribution in [3.05, 3.63) is 0 Å². The van der Waals surface area contributed by atoms with E-state index in [9.17, 15) is 0 Å². The number of hydrogen-bond acceptors (Lipinski definition) is 3. The van der Waals surface area contributed by atoms with Crippen molar-refractivity contribution < 1.29 is 0 Å². The van der Waals surface area contributed by atoms with Crippen molar-refractivity contribution in [3.8, 4) is 0 Å². The fourth-order valence-electron chi connectivity index (χ4n) is 7.08. The smallest absolute Gasteiger partial charge is 0.00698 e. The molecule has 0 heterocycles. The highest BCUT2D eigenvalue weighted by atomic mass is 15.0. The molecule has 0 aromatic rings. The zero-order valence-electron chi connectivity index (χ0n) is 17.6. The van der Waals surface area contributed by atoms with Crippen molar-refractivity contribution in [2.24, 2.45) is 35.1 Å². The van der Waals surface area contributed by atoms with E-state index < -0.39 is 0 Å². The van der Waals surface area contributed by atoms with Gasteiger partial charge in [-0.25, -0.2) is 0 Å². The molecule has 3 nitrogen and oxygen atoms in total. The van der Waals surface area contributed by atoms with Gasteiger partial charge in [-0.05, 0) is 126 Å². The maximum atomic E-state index is 6.10. The highest BCUT2D eigenvalue weighted by Gasteiger charge is 2.33. The van der Waals surface area contributed by atoms with Gasteiger partial charge in [0.15, 0.2) is 0 Å². The lowest BCUT2D eigenvalue weighted by atomic mass is 9.70. The number of hydrogen-bond donors (Lipinski definition) is 3. The van der Waals surface area contributed by atoms with Crippen LogP contribution in [0, 0.1) is 23.7 Å². The average Bonchev–Trinajstić information content (AvgIpc) is 2.71. The third kappa shape index (κ3) is 5.48. The lowest BCUT2D eigenvalue weighted by molar-refractivity contribution is 0.143. The lowest BCUT2D eigenvalue weighted by Gasteiger charge is -2.40. The Labute approximate surface area is 167 Å². The molecule has 4 fully saturated rings. The maximum Gasteiger partial charge on any atom is 0.00698 e. The Balaban J connectivity index is 1.13. The van der Waals surface area contributed by atoms with Crippen molar-refractivity contribution in [3.63, 3.8) is 0 Å². The zero-order valence-corrected chi connectivity index (χ0v) is 17.6. The maximum absolute atomic E-state index is 6.10. The third-order valence-electron chi connectivity index (χ3n) is 8.98.